The maximum atomic E-state index is 14.6. The lowest BCUT2D eigenvalue weighted by Gasteiger charge is -2.34. The lowest BCUT2D eigenvalue weighted by molar-refractivity contribution is -0.143. The normalized spacial score (nSPS) is 20.8. The second kappa shape index (κ2) is 7.42. The van der Waals surface area contributed by atoms with Gasteiger partial charge in [-0.05, 0) is 54.9 Å². The van der Waals surface area contributed by atoms with Gasteiger partial charge in [0, 0.05) is 17.7 Å². The Morgan fingerprint density at radius 3 is 2.26 bits per heavy atom. The highest BCUT2D eigenvalue weighted by Gasteiger charge is 2.57. The summed E-state index contributed by atoms with van der Waals surface area (Å²) in [4.78, 5) is 12.5. The van der Waals surface area contributed by atoms with Crippen LogP contribution < -0.4 is 5.01 Å². The molecule has 0 amide bonds. The fourth-order valence-electron chi connectivity index (χ4n) is 3.63. The first kappa shape index (κ1) is 20.9. The van der Waals surface area contributed by atoms with Gasteiger partial charge in [-0.3, -0.25) is 0 Å². The van der Waals surface area contributed by atoms with Gasteiger partial charge in [0.2, 0.25) is 0 Å². The lowest BCUT2D eigenvalue weighted by atomic mass is 9.79. The summed E-state index contributed by atoms with van der Waals surface area (Å²) in [6, 6.07) is 7.96. The van der Waals surface area contributed by atoms with Crippen LogP contribution in [0.4, 0.5) is 23.2 Å². The van der Waals surface area contributed by atoms with Crippen molar-refractivity contribution in [2.24, 2.45) is 5.10 Å². The maximum absolute atomic E-state index is 14.6. The third-order valence-corrected chi connectivity index (χ3v) is 5.34. The van der Waals surface area contributed by atoms with Gasteiger partial charge in [-0.1, -0.05) is 0 Å². The summed E-state index contributed by atoms with van der Waals surface area (Å²) in [7, 11) is 0. The minimum absolute atomic E-state index is 0.0161. The molecule has 1 aliphatic rings. The Kier molecular flexibility index (Phi) is 5.01. The fourth-order valence-corrected chi connectivity index (χ4v) is 3.78. The van der Waals surface area contributed by atoms with Gasteiger partial charge >= 0.3 is 5.97 Å². The monoisotopic (exact) mass is 452 g/mol. The van der Waals surface area contributed by atoms with Crippen LogP contribution in [0.3, 0.4) is 0 Å². The van der Waals surface area contributed by atoms with Crippen molar-refractivity contribution in [1.82, 2.24) is 0 Å². The van der Waals surface area contributed by atoms with E-state index in [1.54, 1.807) is 0 Å². The molecule has 0 aliphatic carbocycles. The Hall–Kier alpha value is -3.33. The van der Waals surface area contributed by atoms with Crippen molar-refractivity contribution in [3.05, 3.63) is 88.3 Å². The highest BCUT2D eigenvalue weighted by atomic mass is 35.5. The average Bonchev–Trinajstić information content (AvgIpc) is 3.23. The molecule has 2 heterocycles. The molecule has 0 saturated carbocycles. The minimum atomic E-state index is -2.03. The molecule has 2 unspecified atom stereocenters. The van der Waals surface area contributed by atoms with Crippen LogP contribution in [0, 0.1) is 23.3 Å². The van der Waals surface area contributed by atoms with E-state index < -0.39 is 40.7 Å². The number of anilines is 1. The molecule has 1 aromatic heterocycles. The van der Waals surface area contributed by atoms with Gasteiger partial charge in [0.05, 0.1) is 17.3 Å². The SMILES string of the molecule is CC1(C(=O)O)C(c2ccc(Cl)o2)C(c2ccc(F)cc2F)=NN1c1ccc(F)cc1F. The molecule has 2 aromatic carbocycles. The van der Waals surface area contributed by atoms with Gasteiger partial charge in [0.15, 0.2) is 16.6 Å². The average molecular weight is 453 g/mol. The summed E-state index contributed by atoms with van der Waals surface area (Å²) in [6.07, 6.45) is 0. The molecule has 0 spiro atoms. The van der Waals surface area contributed by atoms with E-state index in [-0.39, 0.29) is 27.9 Å². The molecule has 1 N–H and O–H groups in total. The molecule has 0 fully saturated rings. The van der Waals surface area contributed by atoms with Crippen molar-refractivity contribution in [1.29, 1.82) is 0 Å². The molecule has 160 valence electrons. The van der Waals surface area contributed by atoms with Crippen LogP contribution in [0.15, 0.2) is 58.0 Å². The Labute approximate surface area is 178 Å². The van der Waals surface area contributed by atoms with E-state index >= 15 is 0 Å². The van der Waals surface area contributed by atoms with Crippen LogP contribution in [0.5, 0.6) is 0 Å². The largest absolute Gasteiger partial charge is 0.479 e. The van der Waals surface area contributed by atoms with Crippen molar-refractivity contribution < 1.29 is 31.9 Å². The van der Waals surface area contributed by atoms with Crippen molar-refractivity contribution in [3.63, 3.8) is 0 Å². The van der Waals surface area contributed by atoms with Crippen LogP contribution in [-0.4, -0.2) is 22.3 Å². The number of halogens is 5. The molecule has 0 bridgehead atoms. The number of hydrogen-bond donors (Lipinski definition) is 1. The summed E-state index contributed by atoms with van der Waals surface area (Å²) in [6.45, 7) is 1.23. The highest BCUT2D eigenvalue weighted by molar-refractivity contribution is 6.28. The van der Waals surface area contributed by atoms with Crippen LogP contribution >= 0.6 is 11.6 Å². The van der Waals surface area contributed by atoms with Crippen molar-refractivity contribution in [3.8, 4) is 0 Å². The number of rotatable bonds is 4. The number of hydrazone groups is 1. The van der Waals surface area contributed by atoms with E-state index in [0.717, 1.165) is 29.3 Å². The number of hydrogen-bond acceptors (Lipinski definition) is 4. The van der Waals surface area contributed by atoms with E-state index in [1.807, 2.05) is 0 Å². The molecule has 0 saturated heterocycles. The lowest BCUT2D eigenvalue weighted by Crippen LogP contribution is -2.52. The van der Waals surface area contributed by atoms with Gasteiger partial charge in [0.25, 0.3) is 0 Å². The van der Waals surface area contributed by atoms with E-state index in [1.165, 1.54) is 19.1 Å². The molecule has 5 nitrogen and oxygen atoms in total. The third kappa shape index (κ3) is 3.34. The van der Waals surface area contributed by atoms with Crippen molar-refractivity contribution in [2.75, 3.05) is 5.01 Å². The summed E-state index contributed by atoms with van der Waals surface area (Å²) < 4.78 is 61.5. The molecule has 3 aromatic rings. The number of furan rings is 1. The van der Waals surface area contributed by atoms with E-state index in [4.69, 9.17) is 16.0 Å². The molecular weight excluding hydrogens is 440 g/mol. The zero-order chi connectivity index (χ0) is 22.5. The predicted octanol–water partition coefficient (Wildman–Crippen LogP) is 5.34. The van der Waals surface area contributed by atoms with Gasteiger partial charge in [-0.15, -0.1) is 0 Å². The quantitative estimate of drug-likeness (QED) is 0.543. The van der Waals surface area contributed by atoms with Gasteiger partial charge in [-0.2, -0.15) is 5.10 Å². The van der Waals surface area contributed by atoms with Gasteiger partial charge < -0.3 is 9.52 Å². The Bertz CT molecular complexity index is 1230. The van der Waals surface area contributed by atoms with Crippen molar-refractivity contribution in [2.45, 2.75) is 18.4 Å². The van der Waals surface area contributed by atoms with Crippen LogP contribution in [0.2, 0.25) is 5.22 Å². The fraction of sp³-hybridized carbons (Fsp3) is 0.143. The van der Waals surface area contributed by atoms with E-state index in [0.29, 0.717) is 12.1 Å². The Balaban J connectivity index is 2.00. The summed E-state index contributed by atoms with van der Waals surface area (Å²) in [5, 5.41) is 15.1. The third-order valence-electron chi connectivity index (χ3n) is 5.14. The molecule has 4 rings (SSSR count). The van der Waals surface area contributed by atoms with Gasteiger partial charge in [-0.25, -0.2) is 27.4 Å². The van der Waals surface area contributed by atoms with Gasteiger partial charge in [0.1, 0.15) is 23.2 Å². The topological polar surface area (TPSA) is 66.0 Å². The molecular formula is C21H13ClF4N2O3. The number of carbonyl (C=O) groups is 1. The highest BCUT2D eigenvalue weighted by Crippen LogP contribution is 2.46. The second-order valence-electron chi connectivity index (χ2n) is 7.04. The zero-order valence-corrected chi connectivity index (χ0v) is 16.5. The smallest absolute Gasteiger partial charge is 0.332 e. The minimum Gasteiger partial charge on any atom is -0.479 e. The molecule has 31 heavy (non-hydrogen) atoms. The van der Waals surface area contributed by atoms with Crippen molar-refractivity contribution >= 4 is 29.0 Å². The number of carboxylic acid groups (broad SMARTS) is 1. The molecule has 1 aliphatic heterocycles. The first-order valence-electron chi connectivity index (χ1n) is 8.90. The predicted molar refractivity (Wildman–Crippen MR) is 104 cm³/mol. The van der Waals surface area contributed by atoms with E-state index in [9.17, 15) is 27.5 Å². The van der Waals surface area contributed by atoms with Crippen LogP contribution in [0.25, 0.3) is 0 Å². The summed E-state index contributed by atoms with van der Waals surface area (Å²) >= 11 is 5.86. The Morgan fingerprint density at radius 2 is 1.71 bits per heavy atom. The number of benzene rings is 2. The standard InChI is InChI=1S/C21H13ClF4N2O3/c1-21(20(29)30)18(16-6-7-17(22)31-16)19(12-4-2-10(23)8-13(12)25)27-28(21)15-5-3-11(24)9-14(15)26/h2-9,18H,1H3,(H,29,30). The first-order chi connectivity index (χ1) is 14.6. The summed E-state index contributed by atoms with van der Waals surface area (Å²) in [5.74, 6) is -6.51. The second-order valence-corrected chi connectivity index (χ2v) is 7.42. The molecule has 10 heteroatoms. The number of carboxylic acids is 1. The molecule has 0 radical (unpaired) electrons. The first-order valence-corrected chi connectivity index (χ1v) is 9.28. The van der Waals surface area contributed by atoms with E-state index in [2.05, 4.69) is 5.10 Å². The van der Waals surface area contributed by atoms with Crippen LogP contribution in [-0.2, 0) is 4.79 Å². The molecule has 2 atom stereocenters. The summed E-state index contributed by atoms with van der Waals surface area (Å²) in [5.41, 5.74) is -2.75. The maximum Gasteiger partial charge on any atom is 0.332 e. The number of aliphatic carboxylic acids is 1. The van der Waals surface area contributed by atoms with Crippen LogP contribution in [0.1, 0.15) is 24.2 Å². The zero-order valence-electron chi connectivity index (χ0n) is 15.7. The Morgan fingerprint density at radius 1 is 1.06 bits per heavy atom. The number of nitrogens with zero attached hydrogens (tertiary/aromatic N) is 2.